The fourth-order valence-electron chi connectivity index (χ4n) is 4.25. The van der Waals surface area contributed by atoms with Crippen molar-refractivity contribution in [2.45, 2.75) is 35.8 Å². The van der Waals surface area contributed by atoms with Crippen molar-refractivity contribution in [2.24, 2.45) is 0 Å². The van der Waals surface area contributed by atoms with Crippen LogP contribution in [0.25, 0.3) is 22.2 Å². The molecule has 5 rings (SSSR count). The second-order valence-corrected chi connectivity index (χ2v) is 14.2. The highest BCUT2D eigenvalue weighted by Gasteiger charge is 2.43. The summed E-state index contributed by atoms with van der Waals surface area (Å²) >= 11 is 0.911. The van der Waals surface area contributed by atoms with Crippen molar-refractivity contribution < 1.29 is 35.6 Å². The average Bonchev–Trinajstić information content (AvgIpc) is 3.63. The molecule has 210 valence electrons. The Morgan fingerprint density at radius 1 is 1.05 bits per heavy atom. The lowest BCUT2D eigenvalue weighted by atomic mass is 10.2. The van der Waals surface area contributed by atoms with Gasteiger partial charge in [0.05, 0.1) is 11.1 Å². The first-order valence-electron chi connectivity index (χ1n) is 12.2. The van der Waals surface area contributed by atoms with Gasteiger partial charge in [-0.3, -0.25) is 4.79 Å². The number of carbonyl (C=O) groups excluding carboxylic acids is 1. The van der Waals surface area contributed by atoms with E-state index in [1.54, 1.807) is 6.07 Å². The van der Waals surface area contributed by atoms with E-state index >= 15 is 0 Å². The van der Waals surface area contributed by atoms with Crippen molar-refractivity contribution in [3.05, 3.63) is 42.5 Å². The molecule has 1 unspecified atom stereocenters. The number of hydrogen-bond donors (Lipinski definition) is 1. The van der Waals surface area contributed by atoms with Crippen molar-refractivity contribution in [2.75, 3.05) is 32.5 Å². The molecule has 1 aromatic carbocycles. The summed E-state index contributed by atoms with van der Waals surface area (Å²) in [6.07, 6.45) is 2.67. The number of carbonyl (C=O) groups is 1. The highest BCUT2D eigenvalue weighted by molar-refractivity contribution is 7.91. The smallest absolute Gasteiger partial charge is 0.263 e. The Balaban J connectivity index is 1.37. The van der Waals surface area contributed by atoms with Crippen LogP contribution in [0.4, 0.5) is 0 Å². The first-order valence-corrected chi connectivity index (χ1v) is 16.3. The molecule has 2 aliphatic heterocycles. The molecule has 39 heavy (non-hydrogen) atoms. The molecule has 0 spiro atoms. The van der Waals surface area contributed by atoms with Gasteiger partial charge in [0, 0.05) is 38.2 Å². The second kappa shape index (κ2) is 11.4. The van der Waals surface area contributed by atoms with E-state index in [1.165, 1.54) is 6.07 Å². The summed E-state index contributed by atoms with van der Waals surface area (Å²) in [5.41, 5.74) is 3.00. The van der Waals surface area contributed by atoms with E-state index in [1.807, 2.05) is 30.3 Å². The third-order valence-electron chi connectivity index (χ3n) is 6.30. The summed E-state index contributed by atoms with van der Waals surface area (Å²) in [5.74, 6) is -0.348. The van der Waals surface area contributed by atoms with E-state index < -0.39 is 38.3 Å². The minimum atomic E-state index is -4.21. The maximum Gasteiger partial charge on any atom is 0.263 e. The van der Waals surface area contributed by atoms with Crippen LogP contribution in [0.2, 0.25) is 0 Å². The van der Waals surface area contributed by atoms with Crippen LogP contribution in [0, 0.1) is 0 Å². The molecule has 0 saturated carbocycles. The van der Waals surface area contributed by atoms with Crippen LogP contribution < -0.4 is 5.48 Å². The quantitative estimate of drug-likeness (QED) is 0.378. The lowest BCUT2D eigenvalue weighted by molar-refractivity contribution is -0.202. The highest BCUT2D eigenvalue weighted by Crippen LogP contribution is 2.34. The molecule has 0 aliphatic carbocycles. The predicted octanol–water partition coefficient (Wildman–Crippen LogP) is 1.67. The van der Waals surface area contributed by atoms with E-state index in [-0.39, 0.29) is 29.7 Å². The van der Waals surface area contributed by atoms with Crippen LogP contribution in [-0.2, 0) is 34.4 Å². The Hall–Kier alpha value is -2.73. The molecule has 2 fully saturated rings. The molecule has 4 heterocycles. The third kappa shape index (κ3) is 6.21. The number of nitrogens with zero attached hydrogens (tertiary/aromatic N) is 4. The zero-order valence-corrected chi connectivity index (χ0v) is 23.4. The number of thiophene rings is 1. The molecular formula is C23H27N5O8S3. The van der Waals surface area contributed by atoms with Gasteiger partial charge in [-0.25, -0.2) is 27.2 Å². The summed E-state index contributed by atoms with van der Waals surface area (Å²) in [7, 11) is -7.88. The van der Waals surface area contributed by atoms with Gasteiger partial charge in [0.25, 0.3) is 21.8 Å². The standard InChI is InChI=1S/C23H27N5O8S3/c1-38(30,31)27-12-13-28(17(15-27)21(29)26-36-19-9-5-6-14-34-19)39(32,33)20-11-10-18(37-20)23-25-24-22(35-23)16-7-3-2-4-8-16/h2-4,7-8,10-11,17,19H,5-6,9,12-15H2,1H3,(H,26,29)/t17-,19?/m1/s1. The topological polar surface area (TPSA) is 161 Å². The first kappa shape index (κ1) is 27.8. The van der Waals surface area contributed by atoms with Gasteiger partial charge in [0.2, 0.25) is 15.9 Å². The molecule has 0 bridgehead atoms. The van der Waals surface area contributed by atoms with Gasteiger partial charge in [-0.1, -0.05) is 18.2 Å². The second-order valence-electron chi connectivity index (χ2n) is 9.03. The molecule has 2 atom stereocenters. The van der Waals surface area contributed by atoms with Gasteiger partial charge in [0.15, 0.2) is 6.29 Å². The van der Waals surface area contributed by atoms with Gasteiger partial charge in [-0.15, -0.1) is 21.5 Å². The van der Waals surface area contributed by atoms with Crippen LogP contribution in [-0.4, -0.2) is 86.4 Å². The third-order valence-corrected chi connectivity index (χ3v) is 11.0. The predicted molar refractivity (Wildman–Crippen MR) is 140 cm³/mol. The Bertz CT molecular complexity index is 1520. The van der Waals surface area contributed by atoms with Gasteiger partial charge in [-0.05, 0) is 37.1 Å². The summed E-state index contributed by atoms with van der Waals surface area (Å²) in [6.45, 7) is -0.197. The lowest BCUT2D eigenvalue weighted by Crippen LogP contribution is -2.61. The summed E-state index contributed by atoms with van der Waals surface area (Å²) in [4.78, 5) is 18.9. The Labute approximate surface area is 229 Å². The molecule has 3 aromatic rings. The van der Waals surface area contributed by atoms with Crippen molar-refractivity contribution in [3.8, 4) is 22.2 Å². The summed E-state index contributed by atoms with van der Waals surface area (Å²) in [5, 5.41) is 8.08. The molecule has 2 aliphatic rings. The molecule has 1 amide bonds. The number of benzene rings is 1. The van der Waals surface area contributed by atoms with E-state index in [9.17, 15) is 21.6 Å². The van der Waals surface area contributed by atoms with Crippen LogP contribution in [0.1, 0.15) is 19.3 Å². The Morgan fingerprint density at radius 3 is 2.54 bits per heavy atom. The minimum Gasteiger partial charge on any atom is -0.415 e. The van der Waals surface area contributed by atoms with E-state index in [0.29, 0.717) is 23.8 Å². The Morgan fingerprint density at radius 2 is 1.82 bits per heavy atom. The molecule has 16 heteroatoms. The SMILES string of the molecule is CS(=O)(=O)N1CCN(S(=O)(=O)c2ccc(-c3nnc(-c4ccccc4)o3)s2)[C@@H](C(=O)NOC2CCCCO2)C1. The molecule has 1 N–H and O–H groups in total. The van der Waals surface area contributed by atoms with Gasteiger partial charge >= 0.3 is 0 Å². The summed E-state index contributed by atoms with van der Waals surface area (Å²) < 4.78 is 65.0. The zero-order chi connectivity index (χ0) is 27.6. The fourth-order valence-corrected chi connectivity index (χ4v) is 8.00. The first-order chi connectivity index (χ1) is 18.6. The number of sulfonamides is 2. The average molecular weight is 598 g/mol. The molecular weight excluding hydrogens is 570 g/mol. The van der Waals surface area contributed by atoms with Crippen molar-refractivity contribution >= 4 is 37.3 Å². The van der Waals surface area contributed by atoms with Crippen LogP contribution in [0.3, 0.4) is 0 Å². The van der Waals surface area contributed by atoms with Crippen molar-refractivity contribution in [3.63, 3.8) is 0 Å². The number of piperazine rings is 1. The molecule has 13 nitrogen and oxygen atoms in total. The monoisotopic (exact) mass is 597 g/mol. The number of nitrogens with one attached hydrogen (secondary N) is 1. The van der Waals surface area contributed by atoms with E-state index in [0.717, 1.165) is 44.6 Å². The van der Waals surface area contributed by atoms with E-state index in [2.05, 4.69) is 15.7 Å². The molecule has 0 radical (unpaired) electrons. The Kier molecular flexibility index (Phi) is 8.14. The zero-order valence-electron chi connectivity index (χ0n) is 20.9. The van der Waals surface area contributed by atoms with Crippen molar-refractivity contribution in [1.29, 1.82) is 0 Å². The lowest BCUT2D eigenvalue weighted by Gasteiger charge is -2.38. The van der Waals surface area contributed by atoms with Crippen molar-refractivity contribution in [1.82, 2.24) is 24.3 Å². The molecule has 2 aromatic heterocycles. The minimum absolute atomic E-state index is 0.0564. The van der Waals surface area contributed by atoms with E-state index in [4.69, 9.17) is 14.0 Å². The highest BCUT2D eigenvalue weighted by atomic mass is 32.2. The number of aromatic nitrogens is 2. The van der Waals surface area contributed by atoms with Crippen LogP contribution in [0.5, 0.6) is 0 Å². The van der Waals surface area contributed by atoms with Gasteiger partial charge in [-0.2, -0.15) is 8.61 Å². The maximum atomic E-state index is 13.7. The van der Waals surface area contributed by atoms with Crippen LogP contribution >= 0.6 is 11.3 Å². The summed E-state index contributed by atoms with van der Waals surface area (Å²) in [6, 6.07) is 10.7. The fraction of sp³-hybridized carbons (Fsp3) is 0.435. The molecule has 2 saturated heterocycles. The number of hydrogen-bond acceptors (Lipinski definition) is 11. The maximum absolute atomic E-state index is 13.7. The number of hydroxylamine groups is 1. The number of amides is 1. The normalized spacial score (nSPS) is 21.6. The number of rotatable bonds is 8. The number of ether oxygens (including phenoxy) is 1. The van der Waals surface area contributed by atoms with Crippen LogP contribution in [0.15, 0.2) is 51.1 Å². The van der Waals surface area contributed by atoms with Gasteiger partial charge in [0.1, 0.15) is 10.3 Å². The van der Waals surface area contributed by atoms with Gasteiger partial charge < -0.3 is 9.15 Å². The largest absolute Gasteiger partial charge is 0.415 e.